The first-order chi connectivity index (χ1) is 14.5. The van der Waals surface area contributed by atoms with Gasteiger partial charge in [-0.1, -0.05) is 63.2 Å². The normalized spacial score (nSPS) is 15.6. The number of amides is 1. The predicted octanol–water partition coefficient (Wildman–Crippen LogP) is 4.61. The van der Waals surface area contributed by atoms with E-state index >= 15 is 0 Å². The van der Waals surface area contributed by atoms with Crippen LogP contribution in [0.25, 0.3) is 11.7 Å². The van der Waals surface area contributed by atoms with Crippen LogP contribution in [0.15, 0.2) is 28.0 Å². The SMILES string of the molecule is CCCCCCN1C(=O)C(=Cc2c(NCCC)nc3ccc(C)cn3c2=O)SC1=S. The van der Waals surface area contributed by atoms with E-state index in [1.165, 1.54) is 16.2 Å². The molecule has 3 rings (SSSR count). The maximum atomic E-state index is 13.2. The molecule has 0 bridgehead atoms. The molecule has 3 heterocycles. The summed E-state index contributed by atoms with van der Waals surface area (Å²) in [6.45, 7) is 7.45. The van der Waals surface area contributed by atoms with E-state index in [0.29, 0.717) is 39.3 Å². The minimum absolute atomic E-state index is 0.128. The Balaban J connectivity index is 1.97. The second-order valence-electron chi connectivity index (χ2n) is 7.43. The average Bonchev–Trinajstić information content (AvgIpc) is 2.99. The Morgan fingerprint density at radius 2 is 1.97 bits per heavy atom. The monoisotopic (exact) mass is 444 g/mol. The van der Waals surface area contributed by atoms with Crippen molar-refractivity contribution >= 4 is 51.7 Å². The molecule has 160 valence electrons. The lowest BCUT2D eigenvalue weighted by molar-refractivity contribution is -0.122. The number of nitrogens with one attached hydrogen (secondary N) is 1. The first-order valence-electron chi connectivity index (χ1n) is 10.5. The molecular formula is C22H28N4O2S2. The van der Waals surface area contributed by atoms with Gasteiger partial charge in [0, 0.05) is 19.3 Å². The largest absolute Gasteiger partial charge is 0.369 e. The number of thiocarbonyl (C=S) groups is 1. The molecule has 1 N–H and O–H groups in total. The lowest BCUT2D eigenvalue weighted by Gasteiger charge is -2.14. The number of carbonyl (C=O) groups is 1. The van der Waals surface area contributed by atoms with Gasteiger partial charge in [-0.25, -0.2) is 4.98 Å². The minimum atomic E-state index is -0.199. The number of rotatable bonds is 9. The molecule has 0 unspecified atom stereocenters. The summed E-state index contributed by atoms with van der Waals surface area (Å²) in [6.07, 6.45) is 8.61. The number of anilines is 1. The fraction of sp³-hybridized carbons (Fsp3) is 0.455. The molecule has 1 amide bonds. The smallest absolute Gasteiger partial charge is 0.267 e. The van der Waals surface area contributed by atoms with Crippen molar-refractivity contribution in [1.82, 2.24) is 14.3 Å². The van der Waals surface area contributed by atoms with E-state index in [4.69, 9.17) is 12.2 Å². The number of aryl methyl sites for hydroxylation is 1. The molecule has 30 heavy (non-hydrogen) atoms. The van der Waals surface area contributed by atoms with Crippen molar-refractivity contribution in [3.05, 3.63) is 44.7 Å². The Kier molecular flexibility index (Phi) is 7.66. The summed E-state index contributed by atoms with van der Waals surface area (Å²) in [5.41, 5.74) is 1.73. The summed E-state index contributed by atoms with van der Waals surface area (Å²) in [6, 6.07) is 3.75. The lowest BCUT2D eigenvalue weighted by Crippen LogP contribution is -2.29. The highest BCUT2D eigenvalue weighted by Crippen LogP contribution is 2.33. The lowest BCUT2D eigenvalue weighted by atomic mass is 10.2. The van der Waals surface area contributed by atoms with Gasteiger partial charge in [0.05, 0.1) is 10.5 Å². The van der Waals surface area contributed by atoms with Crippen LogP contribution in [0.2, 0.25) is 0 Å². The molecule has 8 heteroatoms. The molecule has 6 nitrogen and oxygen atoms in total. The van der Waals surface area contributed by atoms with Gasteiger partial charge in [0.15, 0.2) is 0 Å². The summed E-state index contributed by atoms with van der Waals surface area (Å²) < 4.78 is 2.08. The molecule has 0 aromatic carbocycles. The standard InChI is InChI=1S/C22H28N4O2S2/c1-4-6-7-8-12-25-21(28)17(30-22(25)29)13-16-19(23-11-5-2)24-18-10-9-15(3)14-26(18)20(16)27/h9-10,13-14,23H,4-8,11-12H2,1-3H3. The second kappa shape index (κ2) is 10.2. The topological polar surface area (TPSA) is 66.7 Å². The number of carbonyl (C=O) groups excluding carboxylic acids is 1. The van der Waals surface area contributed by atoms with E-state index in [1.807, 2.05) is 26.0 Å². The Bertz CT molecular complexity index is 1050. The highest BCUT2D eigenvalue weighted by Gasteiger charge is 2.32. The van der Waals surface area contributed by atoms with Crippen molar-refractivity contribution in [2.75, 3.05) is 18.4 Å². The van der Waals surface area contributed by atoms with Crippen molar-refractivity contribution in [3.8, 4) is 0 Å². The minimum Gasteiger partial charge on any atom is -0.369 e. The molecular weight excluding hydrogens is 416 g/mol. The zero-order valence-electron chi connectivity index (χ0n) is 17.7. The summed E-state index contributed by atoms with van der Waals surface area (Å²) >= 11 is 6.69. The molecule has 2 aromatic heterocycles. The Hall–Kier alpha value is -2.19. The van der Waals surface area contributed by atoms with Crippen LogP contribution in [0.4, 0.5) is 5.82 Å². The zero-order chi connectivity index (χ0) is 21.7. The fourth-order valence-electron chi connectivity index (χ4n) is 3.29. The van der Waals surface area contributed by atoms with Crippen LogP contribution in [0.1, 0.15) is 57.1 Å². The van der Waals surface area contributed by atoms with Crippen LogP contribution in [0.5, 0.6) is 0 Å². The first-order valence-corrected chi connectivity index (χ1v) is 11.7. The molecule has 2 aromatic rings. The predicted molar refractivity (Wildman–Crippen MR) is 129 cm³/mol. The Morgan fingerprint density at radius 3 is 2.70 bits per heavy atom. The third kappa shape index (κ3) is 4.92. The van der Waals surface area contributed by atoms with E-state index in [-0.39, 0.29) is 11.5 Å². The third-order valence-electron chi connectivity index (χ3n) is 4.93. The van der Waals surface area contributed by atoms with Crippen LogP contribution in [-0.4, -0.2) is 37.6 Å². The van der Waals surface area contributed by atoms with Gasteiger partial charge in [-0.15, -0.1) is 0 Å². The molecule has 0 aliphatic carbocycles. The zero-order valence-corrected chi connectivity index (χ0v) is 19.4. The first kappa shape index (κ1) is 22.5. The van der Waals surface area contributed by atoms with E-state index in [0.717, 1.165) is 37.7 Å². The van der Waals surface area contributed by atoms with Gasteiger partial charge in [-0.2, -0.15) is 0 Å². The number of fused-ring (bicyclic) bond motifs is 1. The Labute approximate surface area is 186 Å². The molecule has 0 saturated carbocycles. The summed E-state index contributed by atoms with van der Waals surface area (Å²) in [5.74, 6) is 0.371. The van der Waals surface area contributed by atoms with Gasteiger partial charge in [0.2, 0.25) is 0 Å². The van der Waals surface area contributed by atoms with Crippen molar-refractivity contribution in [3.63, 3.8) is 0 Å². The van der Waals surface area contributed by atoms with Crippen molar-refractivity contribution < 1.29 is 4.79 Å². The molecule has 0 atom stereocenters. The maximum Gasteiger partial charge on any atom is 0.267 e. The van der Waals surface area contributed by atoms with Gasteiger partial charge in [0.1, 0.15) is 15.8 Å². The van der Waals surface area contributed by atoms with Crippen LogP contribution in [-0.2, 0) is 4.79 Å². The number of pyridine rings is 1. The molecule has 0 spiro atoms. The van der Waals surface area contributed by atoms with E-state index in [9.17, 15) is 9.59 Å². The van der Waals surface area contributed by atoms with E-state index in [1.54, 1.807) is 17.2 Å². The molecule has 1 aliphatic rings. The van der Waals surface area contributed by atoms with Gasteiger partial charge >= 0.3 is 0 Å². The molecule has 1 fully saturated rings. The molecule has 1 aliphatic heterocycles. The highest BCUT2D eigenvalue weighted by molar-refractivity contribution is 8.26. The highest BCUT2D eigenvalue weighted by atomic mass is 32.2. The number of aromatic nitrogens is 2. The van der Waals surface area contributed by atoms with Crippen LogP contribution >= 0.6 is 24.0 Å². The number of hydrogen-bond acceptors (Lipinski definition) is 6. The van der Waals surface area contributed by atoms with Gasteiger partial charge < -0.3 is 5.32 Å². The maximum absolute atomic E-state index is 13.2. The number of unbranched alkanes of at least 4 members (excludes halogenated alkanes) is 3. The third-order valence-corrected chi connectivity index (χ3v) is 6.31. The van der Waals surface area contributed by atoms with Gasteiger partial charge in [0.25, 0.3) is 11.5 Å². The van der Waals surface area contributed by atoms with Crippen LogP contribution in [0, 0.1) is 6.92 Å². The van der Waals surface area contributed by atoms with Crippen molar-refractivity contribution in [1.29, 1.82) is 0 Å². The Morgan fingerprint density at radius 1 is 1.17 bits per heavy atom. The van der Waals surface area contributed by atoms with Gasteiger partial charge in [-0.3, -0.25) is 18.9 Å². The number of thioether (sulfide) groups is 1. The number of hydrogen-bond donors (Lipinski definition) is 1. The summed E-state index contributed by atoms with van der Waals surface area (Å²) in [4.78, 5) is 32.9. The summed E-state index contributed by atoms with van der Waals surface area (Å²) in [7, 11) is 0. The van der Waals surface area contributed by atoms with Crippen LogP contribution in [0.3, 0.4) is 0 Å². The average molecular weight is 445 g/mol. The molecule has 1 saturated heterocycles. The van der Waals surface area contributed by atoms with E-state index in [2.05, 4.69) is 17.2 Å². The quantitative estimate of drug-likeness (QED) is 0.346. The summed E-state index contributed by atoms with van der Waals surface area (Å²) in [5, 5.41) is 3.23. The molecule has 0 radical (unpaired) electrons. The van der Waals surface area contributed by atoms with Crippen molar-refractivity contribution in [2.45, 2.75) is 52.9 Å². The van der Waals surface area contributed by atoms with Crippen molar-refractivity contribution in [2.24, 2.45) is 0 Å². The van der Waals surface area contributed by atoms with Gasteiger partial charge in [-0.05, 0) is 37.5 Å². The second-order valence-corrected chi connectivity index (χ2v) is 9.11. The fourth-order valence-corrected chi connectivity index (χ4v) is 4.58. The van der Waals surface area contributed by atoms with E-state index < -0.39 is 0 Å². The number of nitrogens with zero attached hydrogens (tertiary/aromatic N) is 3. The van der Waals surface area contributed by atoms with Crippen LogP contribution < -0.4 is 10.9 Å².